The summed E-state index contributed by atoms with van der Waals surface area (Å²) in [6.45, 7) is 12.0. The highest BCUT2D eigenvalue weighted by molar-refractivity contribution is 5.99. The number of hydrogen-bond acceptors (Lipinski definition) is 14. The normalized spacial score (nSPS) is 13.4. The van der Waals surface area contributed by atoms with E-state index >= 15 is 0 Å². The van der Waals surface area contributed by atoms with Gasteiger partial charge in [0.05, 0.1) is 25.2 Å². The van der Waals surface area contributed by atoms with Crippen LogP contribution in [-0.2, 0) is 14.3 Å². The second-order valence-electron chi connectivity index (χ2n) is 10.1. The lowest BCUT2D eigenvalue weighted by Gasteiger charge is -2.33. The molecule has 0 bridgehead atoms. The summed E-state index contributed by atoms with van der Waals surface area (Å²) in [7, 11) is 2.12. The van der Waals surface area contributed by atoms with Crippen molar-refractivity contribution >= 4 is 41.4 Å². The van der Waals surface area contributed by atoms with Gasteiger partial charge >= 0.3 is 0 Å². The zero-order valence-electron chi connectivity index (χ0n) is 25.8. The number of nitrogens with zero attached hydrogens (tertiary/aromatic N) is 9. The number of aliphatic imine (C=N–C) groups is 1. The highest BCUT2D eigenvalue weighted by Gasteiger charge is 2.21. The zero-order valence-corrected chi connectivity index (χ0v) is 25.8. The van der Waals surface area contributed by atoms with Gasteiger partial charge in [-0.3, -0.25) is 10.7 Å². The molecule has 4 heterocycles. The fourth-order valence-corrected chi connectivity index (χ4v) is 4.60. The third kappa shape index (κ3) is 8.76. The fourth-order valence-electron chi connectivity index (χ4n) is 4.60. The summed E-state index contributed by atoms with van der Waals surface area (Å²) < 4.78 is 17.3. The number of likely N-dealkylation sites (N-methyl/N-ethyl adjacent to an activating group) is 1. The minimum Gasteiger partial charge on any atom is -0.476 e. The van der Waals surface area contributed by atoms with Crippen molar-refractivity contribution < 1.29 is 19.0 Å². The van der Waals surface area contributed by atoms with Crippen LogP contribution in [0.5, 0.6) is 5.75 Å². The van der Waals surface area contributed by atoms with Gasteiger partial charge < -0.3 is 34.5 Å². The number of carbonyl (C=O) groups excluding carboxylic acids is 1. The number of nitrogen functional groups attached to an aromatic ring is 1. The Bertz CT molecular complexity index is 1540. The maximum Gasteiger partial charge on any atom is 0.170 e. The quantitative estimate of drug-likeness (QED) is 0.0907. The van der Waals surface area contributed by atoms with E-state index in [-0.39, 0.29) is 6.73 Å². The number of benzene rings is 1. The average Bonchev–Trinajstić information content (AvgIpc) is 3.46. The first kappa shape index (κ1) is 33.3. The summed E-state index contributed by atoms with van der Waals surface area (Å²) in [5.74, 6) is 2.27. The summed E-state index contributed by atoms with van der Waals surface area (Å²) in [5.41, 5.74) is 14.2. The Morgan fingerprint density at radius 1 is 0.978 bits per heavy atom. The number of piperazine rings is 1. The summed E-state index contributed by atoms with van der Waals surface area (Å²) >= 11 is 0. The number of ether oxygens (including phenoxy) is 3. The Balaban J connectivity index is 0.000000360. The topological polar surface area (TPSA) is 185 Å². The van der Waals surface area contributed by atoms with Gasteiger partial charge in [0.25, 0.3) is 0 Å². The van der Waals surface area contributed by atoms with Crippen molar-refractivity contribution in [2.75, 3.05) is 77.0 Å². The molecule has 0 radical (unpaired) electrons. The Morgan fingerprint density at radius 2 is 1.71 bits per heavy atom. The van der Waals surface area contributed by atoms with Gasteiger partial charge in [0.15, 0.2) is 11.5 Å². The lowest BCUT2D eigenvalue weighted by molar-refractivity contribution is -0.108. The van der Waals surface area contributed by atoms with Crippen molar-refractivity contribution in [3.8, 4) is 22.8 Å². The van der Waals surface area contributed by atoms with E-state index in [1.165, 1.54) is 6.33 Å². The first-order valence-electron chi connectivity index (χ1n) is 14.8. The van der Waals surface area contributed by atoms with Gasteiger partial charge in [0, 0.05) is 50.8 Å². The zero-order chi connectivity index (χ0) is 32.0. The molecule has 1 aromatic carbocycles. The number of anilines is 2. The van der Waals surface area contributed by atoms with Gasteiger partial charge in [-0.15, -0.1) is 0 Å². The molecule has 0 aliphatic carbocycles. The molecule has 0 saturated carbocycles. The molecule has 1 aliphatic rings. The first-order chi connectivity index (χ1) is 22.0. The van der Waals surface area contributed by atoms with E-state index in [0.29, 0.717) is 66.0 Å². The molecule has 240 valence electrons. The summed E-state index contributed by atoms with van der Waals surface area (Å²) in [5, 5.41) is 5.45. The Kier molecular flexibility index (Phi) is 12.6. The Morgan fingerprint density at radius 3 is 2.42 bits per heavy atom. The van der Waals surface area contributed by atoms with Crippen LogP contribution in [0.15, 0.2) is 41.9 Å². The van der Waals surface area contributed by atoms with E-state index in [9.17, 15) is 4.79 Å². The molecule has 4 aromatic rings. The molecule has 0 atom stereocenters. The van der Waals surface area contributed by atoms with Crippen molar-refractivity contribution in [3.05, 3.63) is 36.9 Å². The van der Waals surface area contributed by atoms with Crippen LogP contribution >= 0.6 is 0 Å². The standard InChI is InChI=1S/C22H25N11O.C8H16O3/c1-25-15-9-14(3-4-16(15)34-11-23)20-19-21(24)28-13-29-22(19)33(30-20)18-10-17(26-12-27-18)32-7-5-31(2)6-8-32;1-2-5-10-7-8-11-6-3-4-9/h3-4,9-10,12-13H,1,5-8,11,23H2,2H3,(H2,24,28,29);4H,2-3,5-8H2,1H3. The molecule has 4 N–H and O–H groups in total. The van der Waals surface area contributed by atoms with E-state index in [4.69, 9.17) is 30.8 Å². The van der Waals surface area contributed by atoms with Crippen molar-refractivity contribution in [3.63, 3.8) is 0 Å². The molecule has 1 saturated heterocycles. The number of hydrogen-bond donors (Lipinski definition) is 2. The molecule has 0 amide bonds. The minimum atomic E-state index is 0.0313. The van der Waals surface area contributed by atoms with Gasteiger partial charge in [-0.25, -0.2) is 19.9 Å². The molecule has 45 heavy (non-hydrogen) atoms. The highest BCUT2D eigenvalue weighted by Crippen LogP contribution is 2.36. The van der Waals surface area contributed by atoms with Crippen molar-refractivity contribution in [2.24, 2.45) is 10.7 Å². The van der Waals surface area contributed by atoms with Crippen LogP contribution in [-0.4, -0.2) is 114 Å². The molecule has 1 fully saturated rings. The molecular weight excluding hydrogens is 578 g/mol. The maximum atomic E-state index is 9.83. The van der Waals surface area contributed by atoms with Crippen molar-refractivity contribution in [1.82, 2.24) is 34.6 Å². The van der Waals surface area contributed by atoms with Crippen LogP contribution in [0.1, 0.15) is 19.8 Å². The predicted molar refractivity (Wildman–Crippen MR) is 173 cm³/mol. The SMILES string of the molecule is C=Nc1cc(-c2nn(-c3cc(N4CCN(C)CC4)ncn3)c3ncnc(N)c23)ccc1OCN.CCCOCCOCCC=O. The maximum absolute atomic E-state index is 9.83. The van der Waals surface area contributed by atoms with Crippen LogP contribution in [0, 0.1) is 0 Å². The van der Waals surface area contributed by atoms with E-state index in [1.54, 1.807) is 17.1 Å². The smallest absolute Gasteiger partial charge is 0.170 e. The number of carbonyl (C=O) groups is 1. The average molecular weight is 620 g/mol. The number of aldehydes is 1. The first-order valence-corrected chi connectivity index (χ1v) is 14.8. The van der Waals surface area contributed by atoms with Gasteiger partial charge in [0.1, 0.15) is 54.4 Å². The summed E-state index contributed by atoms with van der Waals surface area (Å²) in [4.78, 5) is 36.0. The van der Waals surface area contributed by atoms with E-state index in [1.807, 2.05) is 18.2 Å². The van der Waals surface area contributed by atoms with E-state index in [2.05, 4.69) is 55.4 Å². The molecule has 15 heteroatoms. The third-order valence-electron chi connectivity index (χ3n) is 6.92. The minimum absolute atomic E-state index is 0.0313. The van der Waals surface area contributed by atoms with Crippen molar-refractivity contribution in [1.29, 1.82) is 0 Å². The molecule has 0 unspecified atom stereocenters. The van der Waals surface area contributed by atoms with E-state index < -0.39 is 0 Å². The Hall–Kier alpha value is -4.57. The molecular formula is C30H41N11O4. The summed E-state index contributed by atoms with van der Waals surface area (Å²) in [6.07, 6.45) is 5.32. The molecule has 5 rings (SSSR count). The Labute approximate surface area is 262 Å². The van der Waals surface area contributed by atoms with Crippen LogP contribution < -0.4 is 21.1 Å². The van der Waals surface area contributed by atoms with Gasteiger partial charge in [-0.1, -0.05) is 6.92 Å². The van der Waals surface area contributed by atoms with Crippen LogP contribution in [0.2, 0.25) is 0 Å². The monoisotopic (exact) mass is 619 g/mol. The number of fused-ring (bicyclic) bond motifs is 1. The van der Waals surface area contributed by atoms with Crippen molar-refractivity contribution in [2.45, 2.75) is 19.8 Å². The molecule has 1 aliphatic heterocycles. The van der Waals surface area contributed by atoms with Crippen LogP contribution in [0.25, 0.3) is 28.1 Å². The highest BCUT2D eigenvalue weighted by atomic mass is 16.5. The van der Waals surface area contributed by atoms with Gasteiger partial charge in [-0.2, -0.15) is 9.78 Å². The van der Waals surface area contributed by atoms with Crippen LogP contribution in [0.3, 0.4) is 0 Å². The second-order valence-corrected chi connectivity index (χ2v) is 10.1. The lowest BCUT2D eigenvalue weighted by atomic mass is 10.1. The predicted octanol–water partition coefficient (Wildman–Crippen LogP) is 2.25. The molecule has 3 aromatic heterocycles. The van der Waals surface area contributed by atoms with Gasteiger partial charge in [0.2, 0.25) is 0 Å². The number of aromatic nitrogens is 6. The number of nitrogens with two attached hydrogens (primary N) is 2. The molecule has 15 nitrogen and oxygen atoms in total. The summed E-state index contributed by atoms with van der Waals surface area (Å²) in [6, 6.07) is 7.35. The lowest BCUT2D eigenvalue weighted by Crippen LogP contribution is -2.44. The fraction of sp³-hybridized carbons (Fsp3) is 0.433. The number of rotatable bonds is 14. The molecule has 0 spiro atoms. The van der Waals surface area contributed by atoms with Crippen LogP contribution in [0.4, 0.5) is 17.3 Å². The van der Waals surface area contributed by atoms with E-state index in [0.717, 1.165) is 56.9 Å². The van der Waals surface area contributed by atoms with Gasteiger partial charge in [-0.05, 0) is 38.4 Å². The largest absolute Gasteiger partial charge is 0.476 e. The second kappa shape index (κ2) is 17.1. The third-order valence-corrected chi connectivity index (χ3v) is 6.92.